The summed E-state index contributed by atoms with van der Waals surface area (Å²) >= 11 is 0. The van der Waals surface area contributed by atoms with Gasteiger partial charge in [0.2, 0.25) is 0 Å². The van der Waals surface area contributed by atoms with E-state index in [9.17, 15) is 4.79 Å². The average Bonchev–Trinajstić information content (AvgIpc) is 2.93. The monoisotopic (exact) mass is 321 g/mol. The first-order chi connectivity index (χ1) is 10.9. The topological polar surface area (TPSA) is 63.5 Å². The van der Waals surface area contributed by atoms with E-state index in [4.69, 9.17) is 4.74 Å². The maximum Gasteiger partial charge on any atom is 0.276 e. The van der Waals surface area contributed by atoms with Gasteiger partial charge in [0.25, 0.3) is 5.91 Å². The summed E-state index contributed by atoms with van der Waals surface area (Å²) in [6.07, 6.45) is 1.78. The molecule has 3 heterocycles. The predicted octanol–water partition coefficient (Wildman–Crippen LogP) is 0.727. The predicted molar refractivity (Wildman–Crippen MR) is 86.1 cm³/mol. The van der Waals surface area contributed by atoms with Crippen LogP contribution in [0.15, 0.2) is 6.20 Å². The van der Waals surface area contributed by atoms with Crippen LogP contribution in [0.2, 0.25) is 0 Å². The van der Waals surface area contributed by atoms with Crippen LogP contribution in [0.5, 0.6) is 0 Å². The van der Waals surface area contributed by atoms with Crippen LogP contribution in [0.25, 0.3) is 0 Å². The van der Waals surface area contributed by atoms with E-state index < -0.39 is 0 Å². The molecule has 0 aromatic carbocycles. The zero-order valence-corrected chi connectivity index (χ0v) is 14.5. The minimum absolute atomic E-state index is 0.00179. The second-order valence-electron chi connectivity index (χ2n) is 7.68. The van der Waals surface area contributed by atoms with Crippen molar-refractivity contribution < 1.29 is 9.53 Å². The van der Waals surface area contributed by atoms with E-state index in [1.807, 2.05) is 4.90 Å². The second kappa shape index (κ2) is 6.20. The lowest BCUT2D eigenvalue weighted by Gasteiger charge is -2.41. The molecule has 0 spiro atoms. The van der Waals surface area contributed by atoms with E-state index in [1.54, 1.807) is 10.9 Å². The number of aromatic nitrogens is 3. The Labute approximate surface area is 137 Å². The van der Waals surface area contributed by atoms with Gasteiger partial charge in [0, 0.05) is 31.1 Å². The van der Waals surface area contributed by atoms with Gasteiger partial charge >= 0.3 is 0 Å². The van der Waals surface area contributed by atoms with E-state index in [0.717, 1.165) is 39.4 Å². The van der Waals surface area contributed by atoms with Gasteiger partial charge in [-0.1, -0.05) is 26.0 Å². The van der Waals surface area contributed by atoms with Crippen molar-refractivity contribution in [3.63, 3.8) is 0 Å². The van der Waals surface area contributed by atoms with Gasteiger partial charge in [-0.3, -0.25) is 9.48 Å². The van der Waals surface area contributed by atoms with Crippen LogP contribution in [0, 0.1) is 11.3 Å². The zero-order chi connectivity index (χ0) is 16.6. The van der Waals surface area contributed by atoms with Crippen LogP contribution >= 0.6 is 0 Å². The van der Waals surface area contributed by atoms with E-state index in [-0.39, 0.29) is 17.4 Å². The standard InChI is InChI=1S/C16H27N5O2/c1-12(2)14-8-19(4)5-6-21(14)15(22)13-7-20(18-17-13)9-16(3)10-23-11-16/h7,12,14H,5-6,8-11H2,1-4H3. The fraction of sp³-hybridized carbons (Fsp3) is 0.812. The van der Waals surface area contributed by atoms with E-state index in [0.29, 0.717) is 11.6 Å². The van der Waals surface area contributed by atoms with Crippen molar-refractivity contribution in [2.75, 3.05) is 39.9 Å². The highest BCUT2D eigenvalue weighted by Gasteiger charge is 2.35. The Hall–Kier alpha value is -1.47. The van der Waals surface area contributed by atoms with Gasteiger partial charge in [-0.2, -0.15) is 0 Å². The molecule has 2 aliphatic rings. The number of ether oxygens (including phenoxy) is 1. The number of hydrogen-bond acceptors (Lipinski definition) is 5. The largest absolute Gasteiger partial charge is 0.380 e. The Balaban J connectivity index is 1.70. The first-order valence-electron chi connectivity index (χ1n) is 8.35. The SMILES string of the molecule is CC(C)C1CN(C)CCN1C(=O)c1cn(CC2(C)COC2)nn1. The summed E-state index contributed by atoms with van der Waals surface area (Å²) in [6, 6.07) is 0.226. The minimum Gasteiger partial charge on any atom is -0.380 e. The molecule has 7 heteroatoms. The lowest BCUT2D eigenvalue weighted by Crippen LogP contribution is -2.56. The number of rotatable bonds is 4. The van der Waals surface area contributed by atoms with Gasteiger partial charge in [0.05, 0.1) is 26.0 Å². The van der Waals surface area contributed by atoms with Crippen molar-refractivity contribution in [2.24, 2.45) is 11.3 Å². The third-order valence-electron chi connectivity index (χ3n) is 4.85. The molecule has 0 saturated carbocycles. The Bertz CT molecular complexity index is 567. The molecule has 0 radical (unpaired) electrons. The molecule has 7 nitrogen and oxygen atoms in total. The van der Waals surface area contributed by atoms with Gasteiger partial charge in [0.15, 0.2) is 5.69 Å². The molecule has 2 aliphatic heterocycles. The average molecular weight is 321 g/mol. The number of carbonyl (C=O) groups excluding carboxylic acids is 1. The smallest absolute Gasteiger partial charge is 0.276 e. The van der Waals surface area contributed by atoms with E-state index in [1.165, 1.54) is 0 Å². The minimum atomic E-state index is -0.00179. The van der Waals surface area contributed by atoms with Gasteiger partial charge in [-0.15, -0.1) is 5.10 Å². The molecule has 128 valence electrons. The van der Waals surface area contributed by atoms with Crippen molar-refractivity contribution >= 4 is 5.91 Å². The maximum atomic E-state index is 12.9. The number of likely N-dealkylation sites (N-methyl/N-ethyl adjacent to an activating group) is 1. The molecule has 1 aromatic heterocycles. The lowest BCUT2D eigenvalue weighted by molar-refractivity contribution is -0.111. The van der Waals surface area contributed by atoms with Crippen molar-refractivity contribution in [3.8, 4) is 0 Å². The van der Waals surface area contributed by atoms with Crippen LogP contribution in [0.3, 0.4) is 0 Å². The first kappa shape index (κ1) is 16.4. The van der Waals surface area contributed by atoms with Gasteiger partial charge < -0.3 is 14.5 Å². The highest BCUT2D eigenvalue weighted by atomic mass is 16.5. The van der Waals surface area contributed by atoms with Crippen LogP contribution in [-0.2, 0) is 11.3 Å². The van der Waals surface area contributed by atoms with Gasteiger partial charge in [0.1, 0.15) is 0 Å². The van der Waals surface area contributed by atoms with Gasteiger partial charge in [-0.05, 0) is 13.0 Å². The lowest BCUT2D eigenvalue weighted by atomic mass is 9.89. The molecule has 2 saturated heterocycles. The van der Waals surface area contributed by atoms with Crippen molar-refractivity contribution in [1.29, 1.82) is 0 Å². The summed E-state index contributed by atoms with van der Waals surface area (Å²) in [4.78, 5) is 17.1. The fourth-order valence-corrected chi connectivity index (χ4v) is 3.33. The van der Waals surface area contributed by atoms with Crippen LogP contribution < -0.4 is 0 Å². The normalized spacial score (nSPS) is 24.7. The van der Waals surface area contributed by atoms with Crippen molar-refractivity contribution in [2.45, 2.75) is 33.4 Å². The van der Waals surface area contributed by atoms with Crippen molar-refractivity contribution in [1.82, 2.24) is 24.8 Å². The Kier molecular flexibility index (Phi) is 4.42. The number of carbonyl (C=O) groups is 1. The molecular weight excluding hydrogens is 294 g/mol. The third-order valence-corrected chi connectivity index (χ3v) is 4.85. The van der Waals surface area contributed by atoms with E-state index >= 15 is 0 Å². The molecule has 1 amide bonds. The summed E-state index contributed by atoms with van der Waals surface area (Å²) in [5, 5.41) is 8.25. The second-order valence-corrected chi connectivity index (χ2v) is 7.68. The Morgan fingerprint density at radius 3 is 2.78 bits per heavy atom. The quantitative estimate of drug-likeness (QED) is 0.818. The van der Waals surface area contributed by atoms with Gasteiger partial charge in [-0.25, -0.2) is 0 Å². The third kappa shape index (κ3) is 3.40. The summed E-state index contributed by atoms with van der Waals surface area (Å²) in [6.45, 7) is 11.3. The number of hydrogen-bond donors (Lipinski definition) is 0. The summed E-state index contributed by atoms with van der Waals surface area (Å²) in [5.74, 6) is 0.417. The molecule has 1 atom stereocenters. The van der Waals surface area contributed by atoms with Crippen LogP contribution in [0.4, 0.5) is 0 Å². The molecule has 1 aromatic rings. The number of piperazine rings is 1. The van der Waals surface area contributed by atoms with E-state index in [2.05, 4.69) is 43.0 Å². The highest BCUT2D eigenvalue weighted by molar-refractivity contribution is 5.92. The fourth-order valence-electron chi connectivity index (χ4n) is 3.33. The van der Waals surface area contributed by atoms with Crippen molar-refractivity contribution in [3.05, 3.63) is 11.9 Å². The highest BCUT2D eigenvalue weighted by Crippen LogP contribution is 2.28. The van der Waals surface area contributed by atoms with Crippen LogP contribution in [0.1, 0.15) is 31.3 Å². The Morgan fingerprint density at radius 2 is 2.17 bits per heavy atom. The molecule has 0 bridgehead atoms. The number of amides is 1. The molecular formula is C16H27N5O2. The maximum absolute atomic E-state index is 12.9. The summed E-state index contributed by atoms with van der Waals surface area (Å²) in [5.41, 5.74) is 0.562. The molecule has 0 N–H and O–H groups in total. The molecule has 0 aliphatic carbocycles. The molecule has 3 rings (SSSR count). The molecule has 2 fully saturated rings. The first-order valence-corrected chi connectivity index (χ1v) is 8.35. The van der Waals surface area contributed by atoms with Crippen LogP contribution in [-0.4, -0.2) is 76.6 Å². The Morgan fingerprint density at radius 1 is 1.43 bits per heavy atom. The number of nitrogens with zero attached hydrogens (tertiary/aromatic N) is 5. The molecule has 23 heavy (non-hydrogen) atoms. The molecule has 1 unspecified atom stereocenters. The summed E-state index contributed by atoms with van der Waals surface area (Å²) in [7, 11) is 2.11. The zero-order valence-electron chi connectivity index (χ0n) is 14.5. The summed E-state index contributed by atoms with van der Waals surface area (Å²) < 4.78 is 7.04.